The van der Waals surface area contributed by atoms with Crippen molar-refractivity contribution in [2.45, 2.75) is 51.7 Å². The summed E-state index contributed by atoms with van der Waals surface area (Å²) in [6, 6.07) is 0. The molecule has 1 aliphatic carbocycles. The molecule has 0 aromatic rings. The number of ketones is 1. The lowest BCUT2D eigenvalue weighted by molar-refractivity contribution is -0.151. The van der Waals surface area contributed by atoms with Gasteiger partial charge in [-0.2, -0.15) is 0 Å². The van der Waals surface area contributed by atoms with E-state index in [0.717, 1.165) is 0 Å². The fourth-order valence-electron chi connectivity index (χ4n) is 3.03. The second-order valence-electron chi connectivity index (χ2n) is 5.64. The molecule has 2 rings (SSSR count). The normalized spacial score (nSPS) is 31.7. The summed E-state index contributed by atoms with van der Waals surface area (Å²) in [7, 11) is 0. The Morgan fingerprint density at radius 3 is 2.50 bits per heavy atom. The Hall–Kier alpha value is -1.79. The molecule has 0 aromatic carbocycles. The standard InChI is InChI=1S/C16H20O6/c1-3-5-9-13-10(15(20)22-16(13)21)6-8(4-2)11(17)7-12(18)14(9)19/h4,9,11,14,17,19H,3,5-7H2,1-2H3/b8-4-. The van der Waals surface area contributed by atoms with Gasteiger partial charge in [-0.05, 0) is 18.9 Å². The molecule has 0 fully saturated rings. The van der Waals surface area contributed by atoms with E-state index >= 15 is 0 Å². The van der Waals surface area contributed by atoms with Gasteiger partial charge in [-0.25, -0.2) is 9.59 Å². The van der Waals surface area contributed by atoms with Gasteiger partial charge >= 0.3 is 11.9 Å². The minimum atomic E-state index is -1.42. The van der Waals surface area contributed by atoms with E-state index in [1.54, 1.807) is 13.0 Å². The highest BCUT2D eigenvalue weighted by Crippen LogP contribution is 2.36. The summed E-state index contributed by atoms with van der Waals surface area (Å²) < 4.78 is 4.67. The Morgan fingerprint density at radius 2 is 1.91 bits per heavy atom. The Labute approximate surface area is 128 Å². The summed E-state index contributed by atoms with van der Waals surface area (Å²) >= 11 is 0. The number of hydrogen-bond acceptors (Lipinski definition) is 6. The summed E-state index contributed by atoms with van der Waals surface area (Å²) in [5, 5.41) is 20.4. The molecular formula is C16H20O6. The number of ether oxygens (including phenoxy) is 1. The predicted octanol–water partition coefficient (Wildman–Crippen LogP) is 0.814. The summed E-state index contributed by atoms with van der Waals surface area (Å²) in [5.74, 6) is -2.85. The number of hydrogen-bond donors (Lipinski definition) is 2. The number of esters is 2. The van der Waals surface area contributed by atoms with Gasteiger partial charge in [0.15, 0.2) is 5.78 Å². The largest absolute Gasteiger partial charge is 0.388 e. The maximum atomic E-state index is 12.2. The van der Waals surface area contributed by atoms with Crippen LogP contribution in [0.25, 0.3) is 0 Å². The van der Waals surface area contributed by atoms with E-state index in [9.17, 15) is 24.6 Å². The van der Waals surface area contributed by atoms with Gasteiger partial charge in [-0.1, -0.05) is 19.4 Å². The van der Waals surface area contributed by atoms with Crippen LogP contribution in [0.3, 0.4) is 0 Å². The SMILES string of the molecule is C/C=C1/CC2=C(C(=O)OC2=O)C(CCC)C(O)C(=O)CC1O. The monoisotopic (exact) mass is 308 g/mol. The molecule has 0 radical (unpaired) electrons. The van der Waals surface area contributed by atoms with Crippen LogP contribution in [0.2, 0.25) is 0 Å². The number of Topliss-reactive ketones (excluding diaryl/α,β-unsaturated/α-hetero) is 1. The molecule has 1 heterocycles. The third-order valence-electron chi connectivity index (χ3n) is 4.23. The van der Waals surface area contributed by atoms with E-state index < -0.39 is 35.8 Å². The van der Waals surface area contributed by atoms with Gasteiger partial charge in [-0.15, -0.1) is 0 Å². The van der Waals surface area contributed by atoms with Crippen LogP contribution in [0.1, 0.15) is 39.5 Å². The number of aliphatic hydroxyl groups is 2. The highest BCUT2D eigenvalue weighted by Gasteiger charge is 2.43. The maximum absolute atomic E-state index is 12.2. The van der Waals surface area contributed by atoms with E-state index in [-0.39, 0.29) is 24.0 Å². The Kier molecular flexibility index (Phi) is 4.93. The van der Waals surface area contributed by atoms with Crippen LogP contribution in [-0.2, 0) is 19.1 Å². The molecule has 0 amide bonds. The van der Waals surface area contributed by atoms with Gasteiger partial charge in [0, 0.05) is 18.8 Å². The van der Waals surface area contributed by atoms with Crippen molar-refractivity contribution in [3.63, 3.8) is 0 Å². The molecule has 6 nitrogen and oxygen atoms in total. The van der Waals surface area contributed by atoms with Crippen LogP contribution in [-0.4, -0.2) is 40.1 Å². The van der Waals surface area contributed by atoms with Crippen molar-refractivity contribution in [1.82, 2.24) is 0 Å². The molecule has 0 bridgehead atoms. The van der Waals surface area contributed by atoms with Crippen LogP contribution in [0.4, 0.5) is 0 Å². The van der Waals surface area contributed by atoms with Crippen molar-refractivity contribution in [2.24, 2.45) is 5.92 Å². The van der Waals surface area contributed by atoms with Crippen LogP contribution >= 0.6 is 0 Å². The van der Waals surface area contributed by atoms with Gasteiger partial charge < -0.3 is 14.9 Å². The fourth-order valence-corrected chi connectivity index (χ4v) is 3.03. The second-order valence-corrected chi connectivity index (χ2v) is 5.64. The van der Waals surface area contributed by atoms with E-state index in [2.05, 4.69) is 4.74 Å². The minimum absolute atomic E-state index is 0.0534. The highest BCUT2D eigenvalue weighted by molar-refractivity contribution is 6.13. The topological polar surface area (TPSA) is 101 Å². The third kappa shape index (κ3) is 2.89. The Morgan fingerprint density at radius 1 is 1.23 bits per heavy atom. The lowest BCUT2D eigenvalue weighted by atomic mass is 9.84. The summed E-state index contributed by atoms with van der Waals surface area (Å²) in [6.07, 6.45) is -0.0470. The Bertz CT molecular complexity index is 571. The number of rotatable bonds is 2. The van der Waals surface area contributed by atoms with Crippen molar-refractivity contribution >= 4 is 17.7 Å². The first-order valence-corrected chi connectivity index (χ1v) is 7.44. The molecule has 1 aliphatic heterocycles. The first kappa shape index (κ1) is 16.6. The molecular weight excluding hydrogens is 288 g/mol. The number of cyclic esters (lactones) is 2. The molecule has 0 saturated heterocycles. The fraction of sp³-hybridized carbons (Fsp3) is 0.562. The molecule has 2 aliphatic rings. The zero-order chi connectivity index (χ0) is 16.4. The highest BCUT2D eigenvalue weighted by atomic mass is 16.6. The van der Waals surface area contributed by atoms with Crippen LogP contribution < -0.4 is 0 Å². The molecule has 6 heteroatoms. The average molecular weight is 308 g/mol. The predicted molar refractivity (Wildman–Crippen MR) is 76.5 cm³/mol. The van der Waals surface area contributed by atoms with Crippen LogP contribution in [0.15, 0.2) is 22.8 Å². The molecule has 22 heavy (non-hydrogen) atoms. The number of allylic oxidation sites excluding steroid dienone is 1. The first-order valence-electron chi connectivity index (χ1n) is 7.44. The lowest BCUT2D eigenvalue weighted by Crippen LogP contribution is -2.34. The first-order chi connectivity index (χ1) is 10.4. The van der Waals surface area contributed by atoms with Crippen LogP contribution in [0, 0.1) is 5.92 Å². The van der Waals surface area contributed by atoms with E-state index in [1.807, 2.05) is 6.92 Å². The van der Waals surface area contributed by atoms with Gasteiger partial charge in [-0.3, -0.25) is 4.79 Å². The smallest absolute Gasteiger partial charge is 0.342 e. The van der Waals surface area contributed by atoms with Crippen molar-refractivity contribution in [1.29, 1.82) is 0 Å². The zero-order valence-corrected chi connectivity index (χ0v) is 12.7. The average Bonchev–Trinajstić information content (AvgIpc) is 2.75. The van der Waals surface area contributed by atoms with Gasteiger partial charge in [0.1, 0.15) is 6.10 Å². The van der Waals surface area contributed by atoms with Gasteiger partial charge in [0.25, 0.3) is 0 Å². The molecule has 0 saturated carbocycles. The molecule has 0 spiro atoms. The van der Waals surface area contributed by atoms with E-state index in [4.69, 9.17) is 0 Å². The van der Waals surface area contributed by atoms with E-state index in [0.29, 0.717) is 18.4 Å². The van der Waals surface area contributed by atoms with Gasteiger partial charge in [0.05, 0.1) is 17.3 Å². The van der Waals surface area contributed by atoms with Crippen LogP contribution in [0.5, 0.6) is 0 Å². The number of carbonyl (C=O) groups excluding carboxylic acids is 3. The van der Waals surface area contributed by atoms with E-state index in [1.165, 1.54) is 0 Å². The third-order valence-corrected chi connectivity index (χ3v) is 4.23. The minimum Gasteiger partial charge on any atom is -0.388 e. The molecule has 120 valence electrons. The van der Waals surface area contributed by atoms with Crippen molar-refractivity contribution in [3.8, 4) is 0 Å². The summed E-state index contributed by atoms with van der Waals surface area (Å²) in [4.78, 5) is 36.1. The maximum Gasteiger partial charge on any atom is 0.342 e. The summed E-state index contributed by atoms with van der Waals surface area (Å²) in [5.41, 5.74) is 0.697. The lowest BCUT2D eigenvalue weighted by Gasteiger charge is -2.21. The van der Waals surface area contributed by atoms with Crippen molar-refractivity contribution in [2.75, 3.05) is 0 Å². The second kappa shape index (κ2) is 6.54. The van der Waals surface area contributed by atoms with Crippen molar-refractivity contribution in [3.05, 3.63) is 22.8 Å². The molecule has 2 N–H and O–H groups in total. The number of aliphatic hydroxyl groups excluding tert-OH is 2. The quantitative estimate of drug-likeness (QED) is 0.445. The molecule has 3 atom stereocenters. The number of carbonyl (C=O) groups is 3. The zero-order valence-electron chi connectivity index (χ0n) is 12.7. The van der Waals surface area contributed by atoms with Crippen molar-refractivity contribution < 1.29 is 29.3 Å². The Balaban J connectivity index is 2.58. The van der Waals surface area contributed by atoms with Gasteiger partial charge in [0.2, 0.25) is 0 Å². The molecule has 3 unspecified atom stereocenters. The summed E-state index contributed by atoms with van der Waals surface area (Å²) in [6.45, 7) is 3.54. The molecule has 0 aromatic heterocycles.